The van der Waals surface area contributed by atoms with E-state index in [2.05, 4.69) is 16.0 Å². The van der Waals surface area contributed by atoms with Crippen molar-refractivity contribution >= 4 is 45.6 Å². The molecule has 1 rings (SSSR count). The van der Waals surface area contributed by atoms with Crippen molar-refractivity contribution in [2.24, 2.45) is 5.92 Å². The van der Waals surface area contributed by atoms with Crippen LogP contribution in [0.2, 0.25) is 0 Å². The number of aldehydes is 1. The number of nitrogens with one attached hydrogen (secondary N) is 4. The maximum absolute atomic E-state index is 12.7. The smallest absolute Gasteiger partial charge is 0.313 e. The van der Waals surface area contributed by atoms with Gasteiger partial charge in [-0.1, -0.05) is 52.8 Å². The van der Waals surface area contributed by atoms with E-state index in [9.17, 15) is 32.4 Å². The number of para-hydroxylation sites is 1. The topological polar surface area (TPSA) is 168 Å². The SMILES string of the molecule is CC(C)[C@H](NC(=O)C(=O)Nc1ccccc1C(C)(C)C)C(=O)NC(C=O)CCC(=O)NS(C)(=O)=O. The summed E-state index contributed by atoms with van der Waals surface area (Å²) in [5.74, 6) is -3.97. The predicted octanol–water partition coefficient (Wildman–Crippen LogP) is 0.603. The lowest BCUT2D eigenvalue weighted by Crippen LogP contribution is -2.54. The first-order chi connectivity index (χ1) is 16.0. The van der Waals surface area contributed by atoms with Gasteiger partial charge in [0.25, 0.3) is 0 Å². The summed E-state index contributed by atoms with van der Waals surface area (Å²) in [7, 11) is -3.74. The zero-order valence-corrected chi connectivity index (χ0v) is 21.6. The van der Waals surface area contributed by atoms with Gasteiger partial charge in [0, 0.05) is 12.1 Å². The summed E-state index contributed by atoms with van der Waals surface area (Å²) in [6.07, 6.45) is 0.739. The molecule has 194 valence electrons. The summed E-state index contributed by atoms with van der Waals surface area (Å²) in [6.45, 7) is 9.18. The second-order valence-electron chi connectivity index (χ2n) is 9.53. The molecule has 35 heavy (non-hydrogen) atoms. The molecule has 2 atom stereocenters. The molecule has 12 heteroatoms. The number of amides is 4. The van der Waals surface area contributed by atoms with E-state index in [0.29, 0.717) is 12.0 Å². The Labute approximate surface area is 205 Å². The van der Waals surface area contributed by atoms with Crippen molar-refractivity contribution in [2.75, 3.05) is 11.6 Å². The van der Waals surface area contributed by atoms with Crippen molar-refractivity contribution in [1.29, 1.82) is 0 Å². The van der Waals surface area contributed by atoms with E-state index in [1.54, 1.807) is 30.7 Å². The van der Waals surface area contributed by atoms with E-state index in [0.717, 1.165) is 11.8 Å². The number of anilines is 1. The fourth-order valence-corrected chi connectivity index (χ4v) is 3.67. The molecule has 0 aliphatic carbocycles. The fraction of sp³-hybridized carbons (Fsp3) is 0.522. The zero-order valence-electron chi connectivity index (χ0n) is 20.8. The molecule has 0 heterocycles. The highest BCUT2D eigenvalue weighted by atomic mass is 32.2. The van der Waals surface area contributed by atoms with E-state index >= 15 is 0 Å². The Balaban J connectivity index is 2.82. The van der Waals surface area contributed by atoms with Gasteiger partial charge in [0.05, 0.1) is 12.3 Å². The number of carbonyl (C=O) groups is 5. The number of hydrogen-bond acceptors (Lipinski definition) is 7. The summed E-state index contributed by atoms with van der Waals surface area (Å²) < 4.78 is 24.0. The molecule has 0 saturated carbocycles. The summed E-state index contributed by atoms with van der Waals surface area (Å²) in [5.41, 5.74) is 1.01. The zero-order chi connectivity index (χ0) is 27.0. The Bertz CT molecular complexity index is 1060. The van der Waals surface area contributed by atoms with Gasteiger partial charge in [-0.3, -0.25) is 23.9 Å². The molecule has 4 amide bonds. The van der Waals surface area contributed by atoms with Crippen LogP contribution in [0.5, 0.6) is 0 Å². The number of carbonyl (C=O) groups excluding carboxylic acids is 5. The van der Waals surface area contributed by atoms with Crippen LogP contribution in [-0.2, 0) is 39.4 Å². The lowest BCUT2D eigenvalue weighted by Gasteiger charge is -2.24. The van der Waals surface area contributed by atoms with Gasteiger partial charge in [0.1, 0.15) is 12.3 Å². The molecular formula is C23H34N4O7S. The van der Waals surface area contributed by atoms with Gasteiger partial charge in [-0.05, 0) is 29.4 Å². The number of benzene rings is 1. The number of sulfonamides is 1. The number of hydrogen-bond donors (Lipinski definition) is 4. The Hall–Kier alpha value is -3.28. The average molecular weight is 511 g/mol. The van der Waals surface area contributed by atoms with Crippen molar-refractivity contribution < 1.29 is 32.4 Å². The first-order valence-electron chi connectivity index (χ1n) is 11.0. The van der Waals surface area contributed by atoms with Crippen LogP contribution < -0.4 is 20.7 Å². The summed E-state index contributed by atoms with van der Waals surface area (Å²) in [6, 6.07) is 4.82. The second-order valence-corrected chi connectivity index (χ2v) is 11.3. The van der Waals surface area contributed by atoms with Crippen molar-refractivity contribution in [2.45, 2.75) is 65.0 Å². The lowest BCUT2D eigenvalue weighted by molar-refractivity contribution is -0.138. The average Bonchev–Trinajstić information content (AvgIpc) is 2.72. The molecule has 0 aliphatic heterocycles. The van der Waals surface area contributed by atoms with Gasteiger partial charge in [-0.25, -0.2) is 8.42 Å². The van der Waals surface area contributed by atoms with Crippen LogP contribution in [0.15, 0.2) is 24.3 Å². The molecule has 0 spiro atoms. The van der Waals surface area contributed by atoms with E-state index in [1.165, 1.54) is 0 Å². The molecular weight excluding hydrogens is 476 g/mol. The van der Waals surface area contributed by atoms with Gasteiger partial charge in [-0.15, -0.1) is 0 Å². The van der Waals surface area contributed by atoms with Gasteiger partial charge in [-0.2, -0.15) is 0 Å². The highest BCUT2D eigenvalue weighted by Gasteiger charge is 2.29. The summed E-state index contributed by atoms with van der Waals surface area (Å²) >= 11 is 0. The third-order valence-electron chi connectivity index (χ3n) is 4.90. The second kappa shape index (κ2) is 12.4. The van der Waals surface area contributed by atoms with E-state index < -0.39 is 51.7 Å². The molecule has 0 fully saturated rings. The molecule has 4 N–H and O–H groups in total. The molecule has 0 bridgehead atoms. The van der Waals surface area contributed by atoms with E-state index in [-0.39, 0.29) is 18.3 Å². The molecule has 1 aromatic carbocycles. The van der Waals surface area contributed by atoms with Gasteiger partial charge >= 0.3 is 11.8 Å². The minimum Gasteiger partial charge on any atom is -0.345 e. The van der Waals surface area contributed by atoms with E-state index in [1.807, 2.05) is 32.9 Å². The highest BCUT2D eigenvalue weighted by Crippen LogP contribution is 2.29. The van der Waals surface area contributed by atoms with Crippen LogP contribution in [0.25, 0.3) is 0 Å². The van der Waals surface area contributed by atoms with Gasteiger partial charge < -0.3 is 20.7 Å². The van der Waals surface area contributed by atoms with E-state index in [4.69, 9.17) is 0 Å². The maximum Gasteiger partial charge on any atom is 0.313 e. The Kier molecular flexibility index (Phi) is 10.6. The quantitative estimate of drug-likeness (QED) is 0.264. The minimum atomic E-state index is -3.74. The maximum atomic E-state index is 12.7. The van der Waals surface area contributed by atoms with Gasteiger partial charge in [0.15, 0.2) is 0 Å². The van der Waals surface area contributed by atoms with Gasteiger partial charge in [0.2, 0.25) is 21.8 Å². The molecule has 0 aliphatic rings. The van der Waals surface area contributed by atoms with Crippen LogP contribution in [-0.4, -0.2) is 56.7 Å². The highest BCUT2D eigenvalue weighted by molar-refractivity contribution is 7.89. The molecule has 0 radical (unpaired) electrons. The van der Waals surface area contributed by atoms with Crippen molar-refractivity contribution in [3.8, 4) is 0 Å². The standard InChI is InChI=1S/C23H34N4O7S/c1-14(2)19(20(30)24-15(13-28)11-12-18(29)27-35(6,33)34)26-22(32)21(31)25-17-10-8-7-9-16(17)23(3,4)5/h7-10,13-15,19H,11-12H2,1-6H3,(H,24,30)(H,25,31)(H,26,32)(H,27,29)/t15?,19-/m0/s1. The Morgan fingerprint density at radius 3 is 2.11 bits per heavy atom. The van der Waals surface area contributed by atoms with Crippen LogP contribution in [0.3, 0.4) is 0 Å². The van der Waals surface area contributed by atoms with Crippen LogP contribution in [0.4, 0.5) is 5.69 Å². The number of rotatable bonds is 10. The molecule has 0 aromatic heterocycles. The monoisotopic (exact) mass is 510 g/mol. The molecule has 1 aromatic rings. The van der Waals surface area contributed by atoms with Crippen LogP contribution in [0, 0.1) is 5.92 Å². The molecule has 11 nitrogen and oxygen atoms in total. The molecule has 1 unspecified atom stereocenters. The van der Waals surface area contributed by atoms with Crippen molar-refractivity contribution in [3.63, 3.8) is 0 Å². The first kappa shape index (κ1) is 29.8. The van der Waals surface area contributed by atoms with Crippen LogP contribution >= 0.6 is 0 Å². The normalized spacial score (nSPS) is 13.3. The third kappa shape index (κ3) is 10.3. The predicted molar refractivity (Wildman–Crippen MR) is 131 cm³/mol. The summed E-state index contributed by atoms with van der Waals surface area (Å²) in [4.78, 5) is 60.8. The minimum absolute atomic E-state index is 0.153. The third-order valence-corrected chi connectivity index (χ3v) is 5.50. The van der Waals surface area contributed by atoms with Crippen LogP contribution in [0.1, 0.15) is 53.0 Å². The van der Waals surface area contributed by atoms with Crippen molar-refractivity contribution in [1.82, 2.24) is 15.4 Å². The Morgan fingerprint density at radius 1 is 1.00 bits per heavy atom. The molecule has 0 saturated heterocycles. The first-order valence-corrected chi connectivity index (χ1v) is 12.9. The summed E-state index contributed by atoms with van der Waals surface area (Å²) in [5, 5.41) is 7.36. The Morgan fingerprint density at radius 2 is 1.60 bits per heavy atom. The van der Waals surface area contributed by atoms with Crippen molar-refractivity contribution in [3.05, 3.63) is 29.8 Å². The fourth-order valence-electron chi connectivity index (χ4n) is 3.16. The lowest BCUT2D eigenvalue weighted by atomic mass is 9.86. The largest absolute Gasteiger partial charge is 0.345 e.